The second-order valence-corrected chi connectivity index (χ2v) is 3.80. The fraction of sp³-hybridized carbons (Fsp3) is 0.417. The zero-order chi connectivity index (χ0) is 12.8. The summed E-state index contributed by atoms with van der Waals surface area (Å²) in [5.41, 5.74) is -0.0512. The SMILES string of the molecule is CCN(CC(C)C#N)C(=O)c1cccc(=O)[nH]1. The van der Waals surface area contributed by atoms with Crippen LogP contribution >= 0.6 is 0 Å². The molecule has 0 saturated carbocycles. The Kier molecular flexibility index (Phi) is 4.46. The van der Waals surface area contributed by atoms with Crippen LogP contribution in [-0.4, -0.2) is 28.9 Å². The van der Waals surface area contributed by atoms with Crippen LogP contribution in [0.5, 0.6) is 0 Å². The van der Waals surface area contributed by atoms with Gasteiger partial charge in [0.2, 0.25) is 5.56 Å². The van der Waals surface area contributed by atoms with Crippen LogP contribution in [0.4, 0.5) is 0 Å². The number of hydrogen-bond donors (Lipinski definition) is 1. The average molecular weight is 233 g/mol. The van der Waals surface area contributed by atoms with Crippen molar-refractivity contribution in [2.24, 2.45) is 5.92 Å². The summed E-state index contributed by atoms with van der Waals surface area (Å²) in [6, 6.07) is 6.53. The molecule has 1 N–H and O–H groups in total. The van der Waals surface area contributed by atoms with Gasteiger partial charge >= 0.3 is 0 Å². The Morgan fingerprint density at radius 3 is 2.82 bits per heavy atom. The van der Waals surface area contributed by atoms with Crippen LogP contribution in [-0.2, 0) is 0 Å². The highest BCUT2D eigenvalue weighted by molar-refractivity contribution is 5.92. The Labute approximate surface area is 99.7 Å². The minimum absolute atomic E-state index is 0.227. The molecule has 1 atom stereocenters. The molecule has 5 heteroatoms. The van der Waals surface area contributed by atoms with E-state index < -0.39 is 0 Å². The summed E-state index contributed by atoms with van der Waals surface area (Å²) >= 11 is 0. The van der Waals surface area contributed by atoms with Crippen molar-refractivity contribution in [2.45, 2.75) is 13.8 Å². The van der Waals surface area contributed by atoms with Gasteiger partial charge in [-0.05, 0) is 19.9 Å². The maximum atomic E-state index is 12.0. The molecule has 5 nitrogen and oxygen atoms in total. The van der Waals surface area contributed by atoms with E-state index in [2.05, 4.69) is 11.1 Å². The molecule has 1 aromatic rings. The second-order valence-electron chi connectivity index (χ2n) is 3.80. The molecule has 0 aliphatic heterocycles. The molecular weight excluding hydrogens is 218 g/mol. The predicted octanol–water partition coefficient (Wildman–Crippen LogP) is 0.997. The minimum Gasteiger partial charge on any atom is -0.336 e. The number of carbonyl (C=O) groups is 1. The number of aromatic amines is 1. The Hall–Kier alpha value is -2.09. The van der Waals surface area contributed by atoms with Crippen molar-refractivity contribution < 1.29 is 4.79 Å². The maximum absolute atomic E-state index is 12.0. The number of nitriles is 1. The van der Waals surface area contributed by atoms with Gasteiger partial charge < -0.3 is 9.88 Å². The molecule has 0 aliphatic carbocycles. The topological polar surface area (TPSA) is 77.0 Å². The van der Waals surface area contributed by atoms with Crippen LogP contribution in [0.1, 0.15) is 24.3 Å². The summed E-state index contributed by atoms with van der Waals surface area (Å²) in [6.07, 6.45) is 0. The highest BCUT2D eigenvalue weighted by atomic mass is 16.2. The number of carbonyl (C=O) groups excluding carboxylic acids is 1. The van der Waals surface area contributed by atoms with Crippen LogP contribution in [0.15, 0.2) is 23.0 Å². The van der Waals surface area contributed by atoms with Gasteiger partial charge in [-0.25, -0.2) is 0 Å². The monoisotopic (exact) mass is 233 g/mol. The molecule has 1 unspecified atom stereocenters. The number of pyridine rings is 1. The van der Waals surface area contributed by atoms with E-state index >= 15 is 0 Å². The lowest BCUT2D eigenvalue weighted by Crippen LogP contribution is -2.35. The second kappa shape index (κ2) is 5.85. The lowest BCUT2D eigenvalue weighted by molar-refractivity contribution is 0.0746. The molecular formula is C12H15N3O2. The first-order valence-corrected chi connectivity index (χ1v) is 5.46. The summed E-state index contributed by atoms with van der Waals surface area (Å²) in [5.74, 6) is -0.485. The van der Waals surface area contributed by atoms with E-state index in [1.54, 1.807) is 17.9 Å². The molecule has 1 rings (SSSR count). The highest BCUT2D eigenvalue weighted by Crippen LogP contribution is 2.04. The van der Waals surface area contributed by atoms with Gasteiger partial charge in [-0.2, -0.15) is 5.26 Å². The molecule has 0 bridgehead atoms. The molecule has 0 spiro atoms. The highest BCUT2D eigenvalue weighted by Gasteiger charge is 2.16. The third kappa shape index (κ3) is 3.45. The van der Waals surface area contributed by atoms with Crippen LogP contribution in [0, 0.1) is 17.2 Å². The van der Waals surface area contributed by atoms with E-state index in [0.29, 0.717) is 13.1 Å². The van der Waals surface area contributed by atoms with Gasteiger partial charge in [0.05, 0.1) is 12.0 Å². The largest absolute Gasteiger partial charge is 0.336 e. The molecule has 1 heterocycles. The number of rotatable bonds is 4. The Morgan fingerprint density at radius 2 is 2.29 bits per heavy atom. The molecule has 0 radical (unpaired) electrons. The van der Waals surface area contributed by atoms with Crippen LogP contribution in [0.25, 0.3) is 0 Å². The third-order valence-electron chi connectivity index (χ3n) is 2.38. The quantitative estimate of drug-likeness (QED) is 0.842. The Bertz CT molecular complexity index is 487. The molecule has 0 aliphatic rings. The van der Waals surface area contributed by atoms with Crippen LogP contribution < -0.4 is 5.56 Å². The minimum atomic E-state index is -0.305. The van der Waals surface area contributed by atoms with Crippen molar-refractivity contribution in [3.8, 4) is 6.07 Å². The standard InChI is InChI=1S/C12H15N3O2/c1-3-15(8-9(2)7-13)12(17)10-5-4-6-11(16)14-10/h4-6,9H,3,8H2,1-2H3,(H,14,16). The first-order chi connectivity index (χ1) is 8.08. The van der Waals surface area contributed by atoms with E-state index in [9.17, 15) is 9.59 Å². The Morgan fingerprint density at radius 1 is 1.59 bits per heavy atom. The zero-order valence-electron chi connectivity index (χ0n) is 9.93. The van der Waals surface area contributed by atoms with Crippen molar-refractivity contribution in [3.05, 3.63) is 34.2 Å². The Balaban J connectivity index is 2.87. The summed E-state index contributed by atoms with van der Waals surface area (Å²) in [5, 5.41) is 8.73. The molecule has 1 aromatic heterocycles. The van der Waals surface area contributed by atoms with Gasteiger partial charge in [-0.1, -0.05) is 6.07 Å². The smallest absolute Gasteiger partial charge is 0.270 e. The fourth-order valence-corrected chi connectivity index (χ4v) is 1.47. The summed E-state index contributed by atoms with van der Waals surface area (Å²) < 4.78 is 0. The first kappa shape index (κ1) is 13.0. The van der Waals surface area contributed by atoms with Crippen molar-refractivity contribution >= 4 is 5.91 Å². The van der Waals surface area contributed by atoms with Crippen molar-refractivity contribution in [1.82, 2.24) is 9.88 Å². The predicted molar refractivity (Wildman–Crippen MR) is 63.4 cm³/mol. The molecule has 90 valence electrons. The molecule has 1 amide bonds. The fourth-order valence-electron chi connectivity index (χ4n) is 1.47. The zero-order valence-corrected chi connectivity index (χ0v) is 9.93. The lowest BCUT2D eigenvalue weighted by Gasteiger charge is -2.21. The normalized spacial score (nSPS) is 11.6. The van der Waals surface area contributed by atoms with Crippen molar-refractivity contribution in [2.75, 3.05) is 13.1 Å². The van der Waals surface area contributed by atoms with E-state index in [1.165, 1.54) is 12.1 Å². The van der Waals surface area contributed by atoms with Gasteiger partial charge in [-0.15, -0.1) is 0 Å². The van der Waals surface area contributed by atoms with Crippen molar-refractivity contribution in [1.29, 1.82) is 5.26 Å². The molecule has 17 heavy (non-hydrogen) atoms. The van der Waals surface area contributed by atoms with Gasteiger partial charge in [0.25, 0.3) is 5.91 Å². The van der Waals surface area contributed by atoms with Gasteiger partial charge in [0, 0.05) is 19.2 Å². The van der Waals surface area contributed by atoms with Gasteiger partial charge in [-0.3, -0.25) is 9.59 Å². The molecule has 0 aromatic carbocycles. The van der Waals surface area contributed by atoms with Gasteiger partial charge in [0.15, 0.2) is 0 Å². The number of amides is 1. The number of aromatic nitrogens is 1. The van der Waals surface area contributed by atoms with Gasteiger partial charge in [0.1, 0.15) is 5.69 Å². The van der Waals surface area contributed by atoms with E-state index in [4.69, 9.17) is 5.26 Å². The van der Waals surface area contributed by atoms with E-state index in [-0.39, 0.29) is 23.1 Å². The summed E-state index contributed by atoms with van der Waals surface area (Å²) in [6.45, 7) is 4.46. The van der Waals surface area contributed by atoms with Crippen LogP contribution in [0.3, 0.4) is 0 Å². The molecule has 0 fully saturated rings. The number of nitrogens with zero attached hydrogens (tertiary/aromatic N) is 2. The summed E-state index contributed by atoms with van der Waals surface area (Å²) in [7, 11) is 0. The number of H-pyrrole nitrogens is 1. The summed E-state index contributed by atoms with van der Waals surface area (Å²) in [4.78, 5) is 27.2. The maximum Gasteiger partial charge on any atom is 0.270 e. The first-order valence-electron chi connectivity index (χ1n) is 5.46. The van der Waals surface area contributed by atoms with E-state index in [0.717, 1.165) is 0 Å². The van der Waals surface area contributed by atoms with E-state index in [1.807, 2.05) is 6.92 Å². The number of nitrogens with one attached hydrogen (secondary N) is 1. The number of hydrogen-bond acceptors (Lipinski definition) is 3. The average Bonchev–Trinajstić information content (AvgIpc) is 2.34. The van der Waals surface area contributed by atoms with Crippen molar-refractivity contribution in [3.63, 3.8) is 0 Å². The molecule has 0 saturated heterocycles. The van der Waals surface area contributed by atoms with Crippen LogP contribution in [0.2, 0.25) is 0 Å². The lowest BCUT2D eigenvalue weighted by atomic mass is 10.2. The third-order valence-corrected chi connectivity index (χ3v) is 2.38.